The van der Waals surface area contributed by atoms with E-state index in [1.165, 1.54) is 37.7 Å². The van der Waals surface area contributed by atoms with Crippen LogP contribution in [0, 0.1) is 0 Å². The topological polar surface area (TPSA) is 89.4 Å². The lowest BCUT2D eigenvalue weighted by Gasteiger charge is -2.01. The van der Waals surface area contributed by atoms with E-state index >= 15 is 0 Å². The highest BCUT2D eigenvalue weighted by molar-refractivity contribution is 7.43. The van der Waals surface area contributed by atoms with Crippen LogP contribution in [0.2, 0.25) is 5.02 Å². The van der Waals surface area contributed by atoms with Crippen LogP contribution in [0.4, 0.5) is 0 Å². The van der Waals surface area contributed by atoms with E-state index in [-0.39, 0.29) is 0 Å². The summed E-state index contributed by atoms with van der Waals surface area (Å²) in [7, 11) is -4.89. The quantitative estimate of drug-likeness (QED) is 0.262. The molecule has 0 aliphatic carbocycles. The molecule has 0 atom stereocenters. The van der Waals surface area contributed by atoms with Crippen LogP contribution in [-0.4, -0.2) is 14.4 Å². The zero-order valence-electron chi connectivity index (χ0n) is 16.3. The number of aromatic nitrogens is 2. The molecule has 0 saturated carbocycles. The molecule has 1 aromatic carbocycles. The highest BCUT2D eigenvalue weighted by Crippen LogP contribution is 2.19. The molecule has 2 N–H and O–H groups in total. The number of hydrogen-bond acceptors (Lipinski definition) is 2. The van der Waals surface area contributed by atoms with Crippen molar-refractivity contribution in [2.75, 3.05) is 0 Å². The van der Waals surface area contributed by atoms with Crippen molar-refractivity contribution in [2.24, 2.45) is 0 Å². The zero-order chi connectivity index (χ0) is 20.8. The van der Waals surface area contributed by atoms with Gasteiger partial charge in [0, 0.05) is 5.02 Å². The Morgan fingerprint density at radius 2 is 1.79 bits per heavy atom. The van der Waals surface area contributed by atoms with Crippen molar-refractivity contribution >= 4 is 19.4 Å². The fourth-order valence-electron chi connectivity index (χ4n) is 2.61. The first kappa shape index (κ1) is 24.6. The smallest absolute Gasteiger partial charge is 0.262 e. The lowest BCUT2D eigenvalue weighted by atomic mass is 10.1. The Morgan fingerprint density at radius 3 is 2.43 bits per heavy atom. The maximum atomic E-state index is 8.77. The van der Waals surface area contributed by atoms with Gasteiger partial charge in [0.05, 0.1) is 6.54 Å². The molecule has 0 bridgehead atoms. The van der Waals surface area contributed by atoms with Gasteiger partial charge in [-0.25, -0.2) is 9.13 Å². The summed E-state index contributed by atoms with van der Waals surface area (Å²) in [5.74, 6) is 0. The summed E-state index contributed by atoms with van der Waals surface area (Å²) in [5.41, 5.74) is 1.29. The van der Waals surface area contributed by atoms with E-state index in [9.17, 15) is 0 Å². The van der Waals surface area contributed by atoms with Crippen LogP contribution < -0.4 is 9.46 Å². The van der Waals surface area contributed by atoms with Gasteiger partial charge in [-0.2, -0.15) is 0 Å². The Morgan fingerprint density at radius 1 is 1.14 bits per heavy atom. The Bertz CT molecular complexity index is 733. The molecule has 0 radical (unpaired) electrons. The maximum Gasteiger partial charge on any atom is 0.262 e. The Hall–Kier alpha value is -1.43. The van der Waals surface area contributed by atoms with Crippen LogP contribution >= 0.6 is 19.4 Å². The van der Waals surface area contributed by atoms with E-state index in [2.05, 4.69) is 59.1 Å². The average Bonchev–Trinajstić information content (AvgIpc) is 3.06. The number of phosphoric acid groups is 1. The standard InChI is InChI=1S/C20H28ClN2.H3O4P/c1-2-3-4-5-7-14-22-16-17-23(18-22)15-8-6-9-19-10-12-20(21)13-11-19;1-5(2,3)4/h6,8,10-13,16-18H,2-5,7,9,14-15H2,1H3;(H3,1,2,3,4)/q+1;/p-1. The summed E-state index contributed by atoms with van der Waals surface area (Å²) in [5, 5.41) is 0.796. The summed E-state index contributed by atoms with van der Waals surface area (Å²) in [6, 6.07) is 8.05. The van der Waals surface area contributed by atoms with Crippen LogP contribution in [0.1, 0.15) is 44.6 Å². The third kappa shape index (κ3) is 13.7. The van der Waals surface area contributed by atoms with E-state index in [0.717, 1.165) is 24.5 Å². The molecule has 0 spiro atoms. The van der Waals surface area contributed by atoms with Crippen molar-refractivity contribution in [3.05, 3.63) is 65.7 Å². The number of halogens is 1. The van der Waals surface area contributed by atoms with Gasteiger partial charge in [0.1, 0.15) is 18.9 Å². The first-order valence-corrected chi connectivity index (χ1v) is 11.4. The molecular formula is C20H30ClN2O4P. The molecule has 0 aliphatic heterocycles. The third-order valence-corrected chi connectivity index (χ3v) is 4.27. The molecule has 8 heteroatoms. The lowest BCUT2D eigenvalue weighted by Crippen LogP contribution is -2.29. The molecule has 28 heavy (non-hydrogen) atoms. The van der Waals surface area contributed by atoms with Crippen molar-refractivity contribution in [3.8, 4) is 0 Å². The third-order valence-electron chi connectivity index (χ3n) is 4.02. The number of aryl methyl sites for hydroxylation is 1. The number of rotatable bonds is 10. The first-order chi connectivity index (χ1) is 13.3. The summed E-state index contributed by atoms with van der Waals surface area (Å²) in [4.78, 5) is 22.9. The van der Waals surface area contributed by atoms with E-state index in [1.807, 2.05) is 12.1 Å². The van der Waals surface area contributed by atoms with E-state index in [1.54, 1.807) is 0 Å². The predicted octanol–water partition coefficient (Wildman–Crippen LogP) is 3.64. The highest BCUT2D eigenvalue weighted by Gasteiger charge is 2.01. The van der Waals surface area contributed by atoms with Gasteiger partial charge in [0.25, 0.3) is 7.82 Å². The summed E-state index contributed by atoms with van der Waals surface area (Å²) in [6.07, 6.45) is 18.6. The molecule has 1 heterocycles. The number of hydrogen-bond donors (Lipinski definition) is 2. The normalized spacial score (nSPS) is 11.5. The average molecular weight is 429 g/mol. The van der Waals surface area contributed by atoms with Gasteiger partial charge >= 0.3 is 0 Å². The van der Waals surface area contributed by atoms with Crippen molar-refractivity contribution in [1.82, 2.24) is 4.57 Å². The number of imidazole rings is 1. The molecule has 2 rings (SSSR count). The number of unbranched alkanes of at least 4 members (excludes halogenated alkanes) is 4. The molecule has 156 valence electrons. The van der Waals surface area contributed by atoms with E-state index in [4.69, 9.17) is 30.8 Å². The van der Waals surface area contributed by atoms with Crippen molar-refractivity contribution in [1.29, 1.82) is 0 Å². The molecule has 0 aliphatic rings. The lowest BCUT2D eigenvalue weighted by molar-refractivity contribution is -0.686. The van der Waals surface area contributed by atoms with Gasteiger partial charge in [-0.3, -0.25) is 4.57 Å². The van der Waals surface area contributed by atoms with Crippen molar-refractivity contribution in [2.45, 2.75) is 58.5 Å². The fraction of sp³-hybridized carbons (Fsp3) is 0.450. The van der Waals surface area contributed by atoms with Crippen molar-refractivity contribution < 1.29 is 23.8 Å². The molecule has 2 aromatic rings. The minimum absolute atomic E-state index is 0.796. The summed E-state index contributed by atoms with van der Waals surface area (Å²) < 4.78 is 13.3. The molecular weight excluding hydrogens is 399 g/mol. The minimum Gasteiger partial charge on any atom is -0.756 e. The molecule has 0 fully saturated rings. The van der Waals surface area contributed by atoms with Gasteiger partial charge in [0.2, 0.25) is 6.33 Å². The Labute approximate surface area is 172 Å². The second kappa shape index (κ2) is 13.7. The molecule has 0 amide bonds. The second-order valence-electron chi connectivity index (χ2n) is 6.56. The Balaban J connectivity index is 0.000000696. The van der Waals surface area contributed by atoms with Gasteiger partial charge in [0.15, 0.2) is 0 Å². The van der Waals surface area contributed by atoms with Crippen LogP contribution in [0.3, 0.4) is 0 Å². The van der Waals surface area contributed by atoms with E-state index in [0.29, 0.717) is 0 Å². The minimum atomic E-state index is -4.89. The van der Waals surface area contributed by atoms with Crippen LogP contribution in [0.5, 0.6) is 0 Å². The number of benzene rings is 1. The number of allylic oxidation sites excluding steroid dienone is 2. The highest BCUT2D eigenvalue weighted by atomic mass is 35.5. The van der Waals surface area contributed by atoms with Gasteiger partial charge in [-0.1, -0.05) is 56.0 Å². The molecule has 0 unspecified atom stereocenters. The van der Waals surface area contributed by atoms with Crippen LogP contribution in [0.15, 0.2) is 55.1 Å². The fourth-order valence-corrected chi connectivity index (χ4v) is 2.74. The summed E-state index contributed by atoms with van der Waals surface area (Å²) in [6.45, 7) is 4.32. The molecule has 6 nitrogen and oxygen atoms in total. The monoisotopic (exact) mass is 428 g/mol. The van der Waals surface area contributed by atoms with Crippen LogP contribution in [-0.2, 0) is 24.1 Å². The predicted molar refractivity (Wildman–Crippen MR) is 110 cm³/mol. The van der Waals surface area contributed by atoms with Crippen LogP contribution in [0.25, 0.3) is 0 Å². The van der Waals surface area contributed by atoms with E-state index < -0.39 is 7.82 Å². The Kier molecular flexibility index (Phi) is 12.0. The number of nitrogens with zero attached hydrogens (tertiary/aromatic N) is 2. The molecule has 0 saturated heterocycles. The second-order valence-corrected chi connectivity index (χ2v) is 7.97. The van der Waals surface area contributed by atoms with Gasteiger partial charge < -0.3 is 14.7 Å². The first-order valence-electron chi connectivity index (χ1n) is 9.48. The van der Waals surface area contributed by atoms with Gasteiger partial charge in [-0.15, -0.1) is 0 Å². The van der Waals surface area contributed by atoms with Crippen molar-refractivity contribution in [3.63, 3.8) is 0 Å². The SMILES string of the molecule is CCCCCCCn1cc[n+](CC=CCc2ccc(Cl)cc2)c1.O=P([O-])(O)O. The molecule has 1 aromatic heterocycles. The summed E-state index contributed by atoms with van der Waals surface area (Å²) >= 11 is 5.89. The zero-order valence-corrected chi connectivity index (χ0v) is 17.9. The largest absolute Gasteiger partial charge is 0.756 e. The van der Waals surface area contributed by atoms with Gasteiger partial charge in [-0.05, 0) is 43.0 Å². The maximum absolute atomic E-state index is 8.77.